The predicted molar refractivity (Wildman–Crippen MR) is 86.9 cm³/mol. The molecule has 23 heavy (non-hydrogen) atoms. The lowest BCUT2D eigenvalue weighted by Gasteiger charge is -2.18. The minimum absolute atomic E-state index is 0.466. The number of carbonyl (C=O) groups excluding carboxylic acids is 2. The predicted octanol–water partition coefficient (Wildman–Crippen LogP) is 2.95. The monoisotopic (exact) mass is 309 g/mol. The summed E-state index contributed by atoms with van der Waals surface area (Å²) in [6.45, 7) is 0. The number of hydrogen-bond donors (Lipinski definition) is 1. The van der Waals surface area contributed by atoms with Crippen LogP contribution in [-0.4, -0.2) is 11.9 Å². The highest BCUT2D eigenvalue weighted by Crippen LogP contribution is 2.24. The molecular weight excluding hydrogens is 290 g/mol. The first-order valence-corrected chi connectivity index (χ1v) is 7.82. The molecule has 1 unspecified atom stereocenters. The van der Waals surface area contributed by atoms with Gasteiger partial charge in [0.05, 0.1) is 5.56 Å². The fraction of sp³-hybridized carbons (Fsp3) is 0.263. The Balaban J connectivity index is 1.81. The van der Waals surface area contributed by atoms with Gasteiger partial charge in [-0.1, -0.05) is 36.4 Å². The van der Waals surface area contributed by atoms with Gasteiger partial charge in [0.15, 0.2) is 0 Å². The average molecular weight is 309 g/mol. The van der Waals surface area contributed by atoms with Crippen LogP contribution in [0.4, 0.5) is 0 Å². The summed E-state index contributed by atoms with van der Waals surface area (Å²) in [4.78, 5) is 24.0. The molecule has 4 nitrogen and oxygen atoms in total. The minimum atomic E-state index is -1.07. The molecule has 2 N–H and O–H groups in total. The van der Waals surface area contributed by atoms with Crippen molar-refractivity contribution in [2.24, 2.45) is 5.73 Å². The van der Waals surface area contributed by atoms with Crippen molar-refractivity contribution in [2.75, 3.05) is 0 Å². The van der Waals surface area contributed by atoms with Crippen LogP contribution in [-0.2, 0) is 22.4 Å². The van der Waals surface area contributed by atoms with Gasteiger partial charge in [-0.2, -0.15) is 0 Å². The molecule has 0 bridgehead atoms. The molecule has 1 amide bonds. The Kier molecular flexibility index (Phi) is 4.42. The average Bonchev–Trinajstić information content (AvgIpc) is 2.59. The van der Waals surface area contributed by atoms with Crippen molar-refractivity contribution in [3.63, 3.8) is 0 Å². The molecule has 1 aliphatic carbocycles. The first-order valence-electron chi connectivity index (χ1n) is 7.82. The van der Waals surface area contributed by atoms with Crippen molar-refractivity contribution in [3.05, 3.63) is 70.8 Å². The molecule has 0 fully saturated rings. The van der Waals surface area contributed by atoms with Crippen molar-refractivity contribution in [2.45, 2.75) is 31.8 Å². The fourth-order valence-electron chi connectivity index (χ4n) is 2.95. The van der Waals surface area contributed by atoms with Crippen LogP contribution in [0, 0.1) is 0 Å². The Hall–Kier alpha value is -2.62. The van der Waals surface area contributed by atoms with Crippen molar-refractivity contribution >= 4 is 11.9 Å². The summed E-state index contributed by atoms with van der Waals surface area (Å²) in [5.74, 6) is -1.20. The molecule has 0 saturated carbocycles. The Labute approximate surface area is 135 Å². The van der Waals surface area contributed by atoms with E-state index in [0.717, 1.165) is 19.3 Å². The molecule has 0 heterocycles. The highest BCUT2D eigenvalue weighted by molar-refractivity contribution is 5.92. The van der Waals surface area contributed by atoms with Crippen LogP contribution in [0.25, 0.3) is 0 Å². The topological polar surface area (TPSA) is 69.4 Å². The van der Waals surface area contributed by atoms with Gasteiger partial charge in [0.1, 0.15) is 0 Å². The van der Waals surface area contributed by atoms with Gasteiger partial charge in [-0.3, -0.25) is 4.79 Å². The van der Waals surface area contributed by atoms with Crippen LogP contribution in [0.1, 0.15) is 46.0 Å². The molecule has 0 aromatic heterocycles. The normalized spacial score (nSPS) is 14.6. The van der Waals surface area contributed by atoms with Gasteiger partial charge in [-0.05, 0) is 48.9 Å². The van der Waals surface area contributed by atoms with E-state index in [9.17, 15) is 9.59 Å². The summed E-state index contributed by atoms with van der Waals surface area (Å²) < 4.78 is 5.36. The molecule has 0 radical (unpaired) electrons. The molecule has 0 saturated heterocycles. The van der Waals surface area contributed by atoms with Crippen LogP contribution in [0.2, 0.25) is 0 Å². The quantitative estimate of drug-likeness (QED) is 0.883. The number of nitrogens with two attached hydrogens (primary N) is 1. The maximum Gasteiger partial charge on any atom is 0.339 e. The zero-order chi connectivity index (χ0) is 16.2. The van der Waals surface area contributed by atoms with Crippen LogP contribution < -0.4 is 5.73 Å². The number of rotatable bonds is 4. The molecule has 2 aromatic carbocycles. The number of ether oxygens (including phenoxy) is 1. The van der Waals surface area contributed by atoms with E-state index in [1.807, 2.05) is 18.2 Å². The van der Waals surface area contributed by atoms with Gasteiger partial charge in [-0.15, -0.1) is 0 Å². The second-order valence-corrected chi connectivity index (χ2v) is 5.79. The van der Waals surface area contributed by atoms with Gasteiger partial charge in [0.2, 0.25) is 6.10 Å². The van der Waals surface area contributed by atoms with E-state index in [4.69, 9.17) is 10.5 Å². The Morgan fingerprint density at radius 1 is 0.957 bits per heavy atom. The van der Waals surface area contributed by atoms with E-state index in [1.54, 1.807) is 30.3 Å². The molecule has 118 valence electrons. The molecule has 0 aliphatic heterocycles. The summed E-state index contributed by atoms with van der Waals surface area (Å²) in [7, 11) is 0. The molecule has 1 aliphatic rings. The lowest BCUT2D eigenvalue weighted by molar-refractivity contribution is -0.127. The van der Waals surface area contributed by atoms with E-state index in [-0.39, 0.29) is 0 Å². The third-order valence-corrected chi connectivity index (χ3v) is 4.17. The third-order valence-electron chi connectivity index (χ3n) is 4.17. The van der Waals surface area contributed by atoms with Crippen molar-refractivity contribution in [1.82, 2.24) is 0 Å². The number of fused-ring (bicyclic) bond motifs is 1. The van der Waals surface area contributed by atoms with Crippen molar-refractivity contribution < 1.29 is 14.3 Å². The number of hydrogen-bond acceptors (Lipinski definition) is 3. The fourth-order valence-corrected chi connectivity index (χ4v) is 2.95. The van der Waals surface area contributed by atoms with Crippen molar-refractivity contribution in [3.8, 4) is 0 Å². The van der Waals surface area contributed by atoms with Gasteiger partial charge < -0.3 is 10.5 Å². The molecule has 0 spiro atoms. The number of amides is 1. The van der Waals surface area contributed by atoms with Crippen LogP contribution in [0.3, 0.4) is 0 Å². The Morgan fingerprint density at radius 2 is 1.65 bits per heavy atom. The number of primary amides is 1. The van der Waals surface area contributed by atoms with E-state index in [2.05, 4.69) is 0 Å². The lowest BCUT2D eigenvalue weighted by atomic mass is 9.90. The smallest absolute Gasteiger partial charge is 0.339 e. The first kappa shape index (κ1) is 15.3. The Bertz CT molecular complexity index is 725. The highest BCUT2D eigenvalue weighted by atomic mass is 16.5. The highest BCUT2D eigenvalue weighted by Gasteiger charge is 2.23. The zero-order valence-electron chi connectivity index (χ0n) is 12.8. The first-order chi connectivity index (χ1) is 11.1. The number of aryl methyl sites for hydroxylation is 2. The summed E-state index contributed by atoms with van der Waals surface area (Å²) >= 11 is 0. The van der Waals surface area contributed by atoms with Crippen LogP contribution in [0.5, 0.6) is 0 Å². The van der Waals surface area contributed by atoms with Crippen LogP contribution in [0.15, 0.2) is 48.5 Å². The SMILES string of the molecule is NC(=O)C(OC(=O)c1ccc2c(c1)CCCC2)c1ccccc1. The second kappa shape index (κ2) is 6.65. The van der Waals surface area contributed by atoms with Gasteiger partial charge in [-0.25, -0.2) is 4.79 Å². The van der Waals surface area contributed by atoms with Gasteiger partial charge in [0, 0.05) is 5.56 Å². The molecule has 3 rings (SSSR count). The summed E-state index contributed by atoms with van der Waals surface area (Å²) in [6.07, 6.45) is 3.29. The minimum Gasteiger partial charge on any atom is -0.444 e. The van der Waals surface area contributed by atoms with Crippen molar-refractivity contribution in [1.29, 1.82) is 0 Å². The maximum atomic E-state index is 12.4. The van der Waals surface area contributed by atoms with E-state index < -0.39 is 18.0 Å². The maximum absolute atomic E-state index is 12.4. The third kappa shape index (κ3) is 3.42. The van der Waals surface area contributed by atoms with Gasteiger partial charge in [0.25, 0.3) is 5.91 Å². The van der Waals surface area contributed by atoms with E-state index in [0.29, 0.717) is 11.1 Å². The number of carbonyl (C=O) groups is 2. The summed E-state index contributed by atoms with van der Waals surface area (Å²) in [6, 6.07) is 14.4. The Morgan fingerprint density at radius 3 is 2.35 bits per heavy atom. The molecule has 2 aromatic rings. The molecular formula is C19H19NO3. The van der Waals surface area contributed by atoms with Gasteiger partial charge >= 0.3 is 5.97 Å². The standard InChI is InChI=1S/C19H19NO3/c20-18(21)17(14-7-2-1-3-8-14)23-19(22)16-11-10-13-6-4-5-9-15(13)12-16/h1-3,7-8,10-12,17H,4-6,9H2,(H2,20,21). The summed E-state index contributed by atoms with van der Waals surface area (Å²) in [5.41, 5.74) is 8.92. The molecule has 4 heteroatoms. The zero-order valence-corrected chi connectivity index (χ0v) is 12.8. The van der Waals surface area contributed by atoms with E-state index >= 15 is 0 Å². The second-order valence-electron chi connectivity index (χ2n) is 5.79. The number of benzene rings is 2. The van der Waals surface area contributed by atoms with Crippen LogP contribution >= 0.6 is 0 Å². The number of esters is 1. The van der Waals surface area contributed by atoms with E-state index in [1.165, 1.54) is 17.5 Å². The molecule has 1 atom stereocenters. The lowest BCUT2D eigenvalue weighted by Crippen LogP contribution is -2.26. The summed E-state index contributed by atoms with van der Waals surface area (Å²) in [5, 5.41) is 0. The largest absolute Gasteiger partial charge is 0.444 e.